The first-order chi connectivity index (χ1) is 11.8. The van der Waals surface area contributed by atoms with Crippen molar-refractivity contribution in [3.8, 4) is 5.75 Å². The number of carbonyl (C=O) groups excluding carboxylic acids is 1. The molecule has 2 aromatic rings. The van der Waals surface area contributed by atoms with E-state index < -0.39 is 10.0 Å². The highest BCUT2D eigenvalue weighted by molar-refractivity contribution is 14.1. The Morgan fingerprint density at radius 3 is 2.44 bits per heavy atom. The van der Waals surface area contributed by atoms with Crippen molar-refractivity contribution in [1.29, 1.82) is 0 Å². The molecule has 0 saturated heterocycles. The van der Waals surface area contributed by atoms with Crippen LogP contribution in [-0.4, -0.2) is 39.3 Å². The van der Waals surface area contributed by atoms with E-state index in [1.54, 1.807) is 24.3 Å². The molecule has 0 aliphatic rings. The third-order valence-electron chi connectivity index (χ3n) is 3.40. The van der Waals surface area contributed by atoms with Crippen molar-refractivity contribution >= 4 is 38.5 Å². The van der Waals surface area contributed by atoms with Gasteiger partial charge >= 0.3 is 0 Å². The van der Waals surface area contributed by atoms with E-state index in [1.807, 2.05) is 18.2 Å². The number of amides is 1. The quantitative estimate of drug-likeness (QED) is 0.625. The minimum atomic E-state index is -3.57. The van der Waals surface area contributed by atoms with Gasteiger partial charge in [0.2, 0.25) is 10.0 Å². The van der Waals surface area contributed by atoms with E-state index in [0.717, 1.165) is 7.88 Å². The van der Waals surface area contributed by atoms with Crippen LogP contribution in [0, 0.1) is 3.57 Å². The van der Waals surface area contributed by atoms with Crippen molar-refractivity contribution in [3.05, 3.63) is 57.7 Å². The summed E-state index contributed by atoms with van der Waals surface area (Å²) in [5, 5.41) is 2.69. The molecule has 0 atom stereocenters. The highest BCUT2D eigenvalue weighted by atomic mass is 127. The zero-order valence-corrected chi connectivity index (χ0v) is 16.9. The molecule has 0 radical (unpaired) electrons. The Morgan fingerprint density at radius 1 is 1.12 bits per heavy atom. The van der Waals surface area contributed by atoms with E-state index in [1.165, 1.54) is 20.2 Å². The van der Waals surface area contributed by atoms with Crippen LogP contribution in [0.2, 0.25) is 0 Å². The first-order valence-corrected chi connectivity index (χ1v) is 9.98. The second-order valence-electron chi connectivity index (χ2n) is 5.39. The lowest BCUT2D eigenvalue weighted by Crippen LogP contribution is -2.30. The molecule has 134 valence electrons. The Bertz CT molecular complexity index is 853. The van der Waals surface area contributed by atoms with E-state index >= 15 is 0 Å². The number of carbonyl (C=O) groups is 1. The Balaban J connectivity index is 2.00. The average molecular weight is 474 g/mol. The molecule has 0 fully saturated rings. The van der Waals surface area contributed by atoms with Crippen LogP contribution in [0.3, 0.4) is 0 Å². The van der Waals surface area contributed by atoms with E-state index in [4.69, 9.17) is 4.74 Å². The summed E-state index contributed by atoms with van der Waals surface area (Å²) in [5.74, 6) is 0.311. The number of sulfonamides is 1. The number of halogens is 1. The number of nitrogens with one attached hydrogen (secondary N) is 1. The molecular formula is C17H19IN2O4S. The summed E-state index contributed by atoms with van der Waals surface area (Å²) in [4.78, 5) is 12.2. The Hall–Kier alpha value is -1.65. The van der Waals surface area contributed by atoms with Gasteiger partial charge in [-0.3, -0.25) is 4.79 Å². The molecule has 0 spiro atoms. The Labute approximate surface area is 161 Å². The first-order valence-electron chi connectivity index (χ1n) is 7.47. The van der Waals surface area contributed by atoms with Crippen molar-refractivity contribution in [2.75, 3.05) is 20.7 Å². The van der Waals surface area contributed by atoms with Gasteiger partial charge in [0.15, 0.2) is 6.61 Å². The topological polar surface area (TPSA) is 75.7 Å². The highest BCUT2D eigenvalue weighted by Crippen LogP contribution is 2.20. The van der Waals surface area contributed by atoms with E-state index in [9.17, 15) is 13.2 Å². The van der Waals surface area contributed by atoms with Gasteiger partial charge < -0.3 is 10.1 Å². The normalized spacial score (nSPS) is 11.4. The molecule has 2 aromatic carbocycles. The van der Waals surface area contributed by atoms with Crippen molar-refractivity contribution < 1.29 is 17.9 Å². The zero-order valence-electron chi connectivity index (χ0n) is 13.9. The molecule has 2 rings (SSSR count). The van der Waals surface area contributed by atoms with Gasteiger partial charge in [0, 0.05) is 20.6 Å². The minimum Gasteiger partial charge on any atom is -0.483 e. The molecule has 8 heteroatoms. The van der Waals surface area contributed by atoms with Gasteiger partial charge in [0.05, 0.1) is 8.47 Å². The lowest BCUT2D eigenvalue weighted by atomic mass is 10.2. The number of nitrogens with zero attached hydrogens (tertiary/aromatic N) is 1. The fraction of sp³-hybridized carbons (Fsp3) is 0.235. The van der Waals surface area contributed by atoms with E-state index in [-0.39, 0.29) is 24.0 Å². The van der Waals surface area contributed by atoms with Crippen LogP contribution >= 0.6 is 22.6 Å². The summed E-state index contributed by atoms with van der Waals surface area (Å²) in [5.41, 5.74) is 0.527. The maximum Gasteiger partial charge on any atom is 0.258 e. The predicted octanol–water partition coefficient (Wildman–Crippen LogP) is 2.24. The molecule has 1 amide bonds. The van der Waals surface area contributed by atoms with Gasteiger partial charge in [-0.25, -0.2) is 12.7 Å². The molecular weight excluding hydrogens is 455 g/mol. The Morgan fingerprint density at radius 2 is 1.76 bits per heavy atom. The summed E-state index contributed by atoms with van der Waals surface area (Å²) in [6.45, 7) is -0.0278. The van der Waals surface area contributed by atoms with Gasteiger partial charge in [0.1, 0.15) is 5.75 Å². The number of ether oxygens (including phenoxy) is 1. The van der Waals surface area contributed by atoms with Crippen molar-refractivity contribution in [1.82, 2.24) is 9.62 Å². The number of para-hydroxylation sites is 1. The molecule has 0 unspecified atom stereocenters. The third-order valence-corrected chi connectivity index (χ3v) is 6.21. The maximum absolute atomic E-state index is 12.3. The summed E-state index contributed by atoms with van der Waals surface area (Å²) in [7, 11) is -0.622. The summed E-state index contributed by atoms with van der Waals surface area (Å²) < 4.78 is 32.2. The van der Waals surface area contributed by atoms with Crippen LogP contribution in [-0.2, 0) is 21.4 Å². The van der Waals surface area contributed by atoms with Gasteiger partial charge in [-0.1, -0.05) is 30.3 Å². The molecule has 0 heterocycles. The van der Waals surface area contributed by atoms with Crippen LogP contribution in [0.4, 0.5) is 0 Å². The number of hydrogen-bond donors (Lipinski definition) is 1. The average Bonchev–Trinajstić information content (AvgIpc) is 2.59. The highest BCUT2D eigenvalue weighted by Gasteiger charge is 2.20. The zero-order chi connectivity index (χ0) is 18.4. The monoisotopic (exact) mass is 474 g/mol. The predicted molar refractivity (Wildman–Crippen MR) is 104 cm³/mol. The molecule has 0 aliphatic heterocycles. The molecule has 0 saturated carbocycles. The molecule has 0 bridgehead atoms. The lowest BCUT2D eigenvalue weighted by molar-refractivity contribution is -0.123. The van der Waals surface area contributed by atoms with Gasteiger partial charge in [-0.2, -0.15) is 0 Å². The van der Waals surface area contributed by atoms with Gasteiger partial charge in [-0.05, 0) is 46.4 Å². The van der Waals surface area contributed by atoms with Crippen molar-refractivity contribution in [2.24, 2.45) is 0 Å². The summed E-state index contributed by atoms with van der Waals surface area (Å²) in [6.07, 6.45) is 0. The fourth-order valence-electron chi connectivity index (χ4n) is 2.05. The van der Waals surface area contributed by atoms with Crippen LogP contribution in [0.1, 0.15) is 5.56 Å². The fourth-order valence-corrected chi connectivity index (χ4v) is 3.71. The van der Waals surface area contributed by atoms with Gasteiger partial charge in [-0.15, -0.1) is 0 Å². The number of benzene rings is 2. The van der Waals surface area contributed by atoms with Crippen molar-refractivity contribution in [3.63, 3.8) is 0 Å². The SMILES string of the molecule is CN(C)S(=O)(=O)c1ccccc1CNC(=O)COc1ccccc1I. The van der Waals surface area contributed by atoms with E-state index in [0.29, 0.717) is 11.3 Å². The second-order valence-corrected chi connectivity index (χ2v) is 8.67. The molecule has 0 aliphatic carbocycles. The van der Waals surface area contributed by atoms with E-state index in [2.05, 4.69) is 27.9 Å². The number of rotatable bonds is 7. The van der Waals surface area contributed by atoms with Crippen LogP contribution in [0.15, 0.2) is 53.4 Å². The minimum absolute atomic E-state index is 0.108. The molecule has 0 aromatic heterocycles. The summed E-state index contributed by atoms with van der Waals surface area (Å²) >= 11 is 2.13. The second kappa shape index (κ2) is 8.63. The molecule has 25 heavy (non-hydrogen) atoms. The largest absolute Gasteiger partial charge is 0.483 e. The standard InChI is InChI=1S/C17H19IN2O4S/c1-20(2)25(22,23)16-10-6-3-7-13(16)11-19-17(21)12-24-15-9-5-4-8-14(15)18/h3-10H,11-12H2,1-2H3,(H,19,21). The lowest BCUT2D eigenvalue weighted by Gasteiger charge is -2.15. The van der Waals surface area contributed by atoms with Crippen LogP contribution in [0.25, 0.3) is 0 Å². The smallest absolute Gasteiger partial charge is 0.258 e. The van der Waals surface area contributed by atoms with Gasteiger partial charge in [0.25, 0.3) is 5.91 Å². The first kappa shape index (κ1) is 19.7. The molecule has 6 nitrogen and oxygen atoms in total. The maximum atomic E-state index is 12.3. The molecule has 1 N–H and O–H groups in total. The van der Waals surface area contributed by atoms with Crippen molar-refractivity contribution in [2.45, 2.75) is 11.4 Å². The number of hydrogen-bond acceptors (Lipinski definition) is 4. The third kappa shape index (κ3) is 5.16. The summed E-state index contributed by atoms with van der Waals surface area (Å²) in [6, 6.07) is 14.0. The van der Waals surface area contributed by atoms with Crippen LogP contribution in [0.5, 0.6) is 5.75 Å². The Kier molecular flexibility index (Phi) is 6.79. The van der Waals surface area contributed by atoms with Crippen LogP contribution < -0.4 is 10.1 Å².